The van der Waals surface area contributed by atoms with Crippen molar-refractivity contribution in [2.75, 3.05) is 85.3 Å². The monoisotopic (exact) mass is 969 g/mol. The van der Waals surface area contributed by atoms with E-state index in [1.165, 1.54) is 0 Å². The number of carbonyl (C=O) groups excluding carboxylic acids is 3. The Kier molecular flexibility index (Phi) is 20.7. The van der Waals surface area contributed by atoms with E-state index in [0.717, 1.165) is 56.6 Å². The lowest BCUT2D eigenvalue weighted by Crippen LogP contribution is -2.37. The molecule has 354 valence electrons. The van der Waals surface area contributed by atoms with Crippen molar-refractivity contribution in [1.29, 1.82) is 0 Å². The zero-order chi connectivity index (χ0) is 47.9. The molecule has 6 aromatic carbocycles. The van der Waals surface area contributed by atoms with E-state index in [1.807, 2.05) is 127 Å². The topological polar surface area (TPSA) is 97.9 Å². The molecule has 6 rings (SSSR count). The molecule has 13 heteroatoms. The van der Waals surface area contributed by atoms with E-state index in [9.17, 15) is 14.4 Å². The molecule has 0 aliphatic carbocycles. The van der Waals surface area contributed by atoms with Crippen LogP contribution < -0.4 is 33.6 Å². The fourth-order valence-electron chi connectivity index (χ4n) is 7.00. The van der Waals surface area contributed by atoms with E-state index in [2.05, 4.69) is 24.3 Å². The van der Waals surface area contributed by atoms with Gasteiger partial charge in [0.15, 0.2) is 13.2 Å². The number of benzene rings is 6. The Hall–Kier alpha value is -6.28. The van der Waals surface area contributed by atoms with E-state index >= 15 is 0 Å². The average molecular weight is 970 g/mol. The summed E-state index contributed by atoms with van der Waals surface area (Å²) in [4.78, 5) is 46.5. The molecule has 0 aliphatic heterocycles. The molecule has 0 radical (unpaired) electrons. The zero-order valence-corrected chi connectivity index (χ0v) is 41.5. The predicted molar refractivity (Wildman–Crippen MR) is 284 cm³/mol. The highest BCUT2D eigenvalue weighted by atomic mass is 32.2. The van der Waals surface area contributed by atoms with Crippen LogP contribution in [0.25, 0.3) is 6.08 Å². The number of amides is 3. The standard InChI is InChI=1S/C55H59N3O7S3/c1-42-16-21-51(22-17-42)64-39-55(61)58(32-35-68-41-44-10-8-14-47(36-44)57(30-33-66-4)54(60)38-65-52-27-25-50(63-3)26-28-52)48-15-9-11-45(37-48)40-67-34-31-56(46-12-6-5-7-13-46)53(59)29-20-43-18-23-49(62-2)24-19-43/h5-29,36-37H,30-35,38-41H2,1-4H3/b29-20+. The Balaban J connectivity index is 1.08. The first-order valence-corrected chi connectivity index (χ1v) is 26.0. The highest BCUT2D eigenvalue weighted by molar-refractivity contribution is 7.99. The Bertz CT molecular complexity index is 2520. The van der Waals surface area contributed by atoms with Crippen molar-refractivity contribution in [3.8, 4) is 23.0 Å². The number of hydrogen-bond donors (Lipinski definition) is 0. The number of ether oxygens (including phenoxy) is 4. The minimum Gasteiger partial charge on any atom is -0.497 e. The molecule has 0 spiro atoms. The van der Waals surface area contributed by atoms with Crippen LogP contribution in [0.1, 0.15) is 22.3 Å². The number of nitrogens with zero attached hydrogens (tertiary/aromatic N) is 3. The third-order valence-corrected chi connectivity index (χ3v) is 13.3. The lowest BCUT2D eigenvalue weighted by molar-refractivity contribution is -0.121. The predicted octanol–water partition coefficient (Wildman–Crippen LogP) is 11.1. The van der Waals surface area contributed by atoms with Gasteiger partial charge in [0, 0.05) is 71.5 Å². The Labute approximate surface area is 414 Å². The Morgan fingerprint density at radius 1 is 0.515 bits per heavy atom. The fourth-order valence-corrected chi connectivity index (χ4v) is 9.11. The van der Waals surface area contributed by atoms with Crippen LogP contribution in [0, 0.1) is 6.92 Å². The lowest BCUT2D eigenvalue weighted by atomic mass is 10.2. The number of rotatable bonds is 26. The van der Waals surface area contributed by atoms with Gasteiger partial charge in [0.1, 0.15) is 23.0 Å². The maximum absolute atomic E-state index is 14.0. The number of carbonyl (C=O) groups is 3. The quantitative estimate of drug-likeness (QED) is 0.0386. The maximum Gasteiger partial charge on any atom is 0.264 e. The van der Waals surface area contributed by atoms with Crippen molar-refractivity contribution in [3.05, 3.63) is 180 Å². The summed E-state index contributed by atoms with van der Waals surface area (Å²) in [5.74, 6) is 5.89. The molecule has 0 aliphatic rings. The number of para-hydroxylation sites is 1. The van der Waals surface area contributed by atoms with Crippen molar-refractivity contribution in [2.45, 2.75) is 18.4 Å². The van der Waals surface area contributed by atoms with Crippen LogP contribution in [-0.2, 0) is 25.9 Å². The summed E-state index contributed by atoms with van der Waals surface area (Å²) in [6.45, 7) is 3.36. The number of hydrogen-bond acceptors (Lipinski definition) is 10. The molecule has 10 nitrogen and oxygen atoms in total. The third-order valence-electron chi connectivity index (χ3n) is 10.7. The summed E-state index contributed by atoms with van der Waals surface area (Å²) in [6.07, 6.45) is 5.46. The molecule has 68 heavy (non-hydrogen) atoms. The van der Waals surface area contributed by atoms with Crippen LogP contribution in [0.15, 0.2) is 158 Å². The molecule has 0 saturated heterocycles. The molecule has 0 bridgehead atoms. The molecule has 0 heterocycles. The van der Waals surface area contributed by atoms with E-state index in [-0.39, 0.29) is 30.9 Å². The first kappa shape index (κ1) is 51.1. The Morgan fingerprint density at radius 2 is 0.971 bits per heavy atom. The van der Waals surface area contributed by atoms with E-state index in [0.29, 0.717) is 54.1 Å². The van der Waals surface area contributed by atoms with Gasteiger partial charge in [0.25, 0.3) is 17.7 Å². The van der Waals surface area contributed by atoms with Crippen molar-refractivity contribution >= 4 is 76.1 Å². The summed E-state index contributed by atoms with van der Waals surface area (Å²) in [7, 11) is 3.24. The highest BCUT2D eigenvalue weighted by Gasteiger charge is 2.20. The summed E-state index contributed by atoms with van der Waals surface area (Å²) in [5.41, 5.74) is 6.62. The zero-order valence-electron chi connectivity index (χ0n) is 39.1. The van der Waals surface area contributed by atoms with Gasteiger partial charge in [-0.2, -0.15) is 35.3 Å². The van der Waals surface area contributed by atoms with Crippen molar-refractivity contribution in [2.24, 2.45) is 0 Å². The molecule has 6 aromatic rings. The summed E-state index contributed by atoms with van der Waals surface area (Å²) < 4.78 is 22.3. The van der Waals surface area contributed by atoms with Crippen molar-refractivity contribution in [1.82, 2.24) is 0 Å². The van der Waals surface area contributed by atoms with Gasteiger partial charge in [0.05, 0.1) is 14.2 Å². The van der Waals surface area contributed by atoms with Crippen LogP contribution in [-0.4, -0.2) is 88.3 Å². The number of thioether (sulfide) groups is 3. The Morgan fingerprint density at radius 3 is 1.49 bits per heavy atom. The minimum atomic E-state index is -0.141. The van der Waals surface area contributed by atoms with E-state index in [1.54, 1.807) is 89.6 Å². The number of anilines is 3. The SMILES string of the molecule is COc1ccc(/C=C/C(=O)N(CCSCc2cccc(N(CCSCc3cccc(N(CCSC)C(=O)COc4ccc(OC)cc4)c3)C(=O)COc3ccc(C)cc3)c2)c2ccccc2)cc1. The van der Waals surface area contributed by atoms with Gasteiger partial charge in [-0.3, -0.25) is 14.4 Å². The minimum absolute atomic E-state index is 0.0879. The largest absolute Gasteiger partial charge is 0.497 e. The van der Waals surface area contributed by atoms with Crippen molar-refractivity contribution < 1.29 is 33.3 Å². The van der Waals surface area contributed by atoms with Crippen LogP contribution in [0.4, 0.5) is 17.1 Å². The van der Waals surface area contributed by atoms with Gasteiger partial charge in [-0.25, -0.2) is 0 Å². The normalized spacial score (nSPS) is 10.9. The van der Waals surface area contributed by atoms with Gasteiger partial charge in [-0.1, -0.05) is 72.3 Å². The second-order valence-electron chi connectivity index (χ2n) is 15.5. The molecule has 0 aromatic heterocycles. The lowest BCUT2D eigenvalue weighted by Gasteiger charge is -2.24. The summed E-state index contributed by atoms with van der Waals surface area (Å²) in [6, 6.07) is 48.3. The van der Waals surface area contributed by atoms with E-state index < -0.39 is 0 Å². The van der Waals surface area contributed by atoms with Gasteiger partial charge >= 0.3 is 0 Å². The molecule has 0 unspecified atom stereocenters. The summed E-state index contributed by atoms with van der Waals surface area (Å²) >= 11 is 5.14. The van der Waals surface area contributed by atoms with Gasteiger partial charge < -0.3 is 33.6 Å². The third kappa shape index (κ3) is 16.2. The van der Waals surface area contributed by atoms with Crippen molar-refractivity contribution in [3.63, 3.8) is 0 Å². The van der Waals surface area contributed by atoms with Crippen LogP contribution in [0.2, 0.25) is 0 Å². The molecular weight excluding hydrogens is 911 g/mol. The van der Waals surface area contributed by atoms with Crippen LogP contribution >= 0.6 is 35.3 Å². The second-order valence-corrected chi connectivity index (χ2v) is 18.7. The van der Waals surface area contributed by atoms with Crippen LogP contribution in [0.5, 0.6) is 23.0 Å². The highest BCUT2D eigenvalue weighted by Crippen LogP contribution is 2.26. The average Bonchev–Trinajstić information content (AvgIpc) is 3.38. The molecule has 3 amide bonds. The summed E-state index contributed by atoms with van der Waals surface area (Å²) in [5, 5.41) is 0. The smallest absolute Gasteiger partial charge is 0.264 e. The van der Waals surface area contributed by atoms with Gasteiger partial charge in [-0.15, -0.1) is 0 Å². The molecule has 0 fully saturated rings. The first-order valence-electron chi connectivity index (χ1n) is 22.3. The second kappa shape index (κ2) is 27.5. The fraction of sp³-hybridized carbons (Fsp3) is 0.255. The molecule has 0 N–H and O–H groups in total. The molecular formula is C55H59N3O7S3. The van der Waals surface area contributed by atoms with Crippen LogP contribution in [0.3, 0.4) is 0 Å². The molecule has 0 atom stereocenters. The first-order chi connectivity index (χ1) is 33.2. The maximum atomic E-state index is 14.0. The van der Waals surface area contributed by atoms with E-state index in [4.69, 9.17) is 18.9 Å². The number of methoxy groups -OCH3 is 2. The van der Waals surface area contributed by atoms with Gasteiger partial charge in [0.2, 0.25) is 0 Å². The number of aryl methyl sites for hydroxylation is 1. The molecule has 0 saturated carbocycles. The van der Waals surface area contributed by atoms with Gasteiger partial charge in [-0.05, 0) is 121 Å².